The molecule has 27 heavy (non-hydrogen) atoms. The molecule has 0 amide bonds. The number of hydrogen-bond acceptors (Lipinski definition) is 8. The van der Waals surface area contributed by atoms with Crippen LogP contribution in [0.25, 0.3) is 5.65 Å². The van der Waals surface area contributed by atoms with Crippen LogP contribution in [0.5, 0.6) is 0 Å². The first-order valence-corrected chi connectivity index (χ1v) is 9.32. The van der Waals surface area contributed by atoms with Crippen LogP contribution in [0.15, 0.2) is 37.1 Å². The number of aromatic nitrogens is 5. The van der Waals surface area contributed by atoms with Gasteiger partial charge in [-0.3, -0.25) is 0 Å². The predicted molar refractivity (Wildman–Crippen MR) is 102 cm³/mol. The summed E-state index contributed by atoms with van der Waals surface area (Å²) in [5, 5.41) is 3.56. The number of fused-ring (bicyclic) bond motifs is 1. The topological polar surface area (TPSA) is 83.7 Å². The second-order valence-electron chi connectivity index (χ2n) is 6.83. The third kappa shape index (κ3) is 3.25. The van der Waals surface area contributed by atoms with Crippen LogP contribution in [-0.4, -0.2) is 69.8 Å². The maximum Gasteiger partial charge on any atom is 0.227 e. The van der Waals surface area contributed by atoms with Gasteiger partial charge in [-0.1, -0.05) is 0 Å². The average molecular weight is 366 g/mol. The van der Waals surface area contributed by atoms with Gasteiger partial charge in [0.1, 0.15) is 5.82 Å². The molecule has 2 aliphatic heterocycles. The quantitative estimate of drug-likeness (QED) is 0.734. The molecule has 9 nitrogen and oxygen atoms in total. The molecule has 1 unspecified atom stereocenters. The SMILES string of the molecule is c1cc(NC2CCN(c3nccn4ccnc34)C2)nc(N2CCOCC2)n1. The Morgan fingerprint density at radius 2 is 1.81 bits per heavy atom. The Balaban J connectivity index is 1.28. The summed E-state index contributed by atoms with van der Waals surface area (Å²) in [7, 11) is 0. The molecular formula is C18H22N8O. The van der Waals surface area contributed by atoms with Crippen LogP contribution in [0.4, 0.5) is 17.6 Å². The van der Waals surface area contributed by atoms with Crippen LogP contribution >= 0.6 is 0 Å². The second kappa shape index (κ2) is 6.99. The molecule has 9 heteroatoms. The summed E-state index contributed by atoms with van der Waals surface area (Å²) in [6, 6.07) is 2.25. The zero-order chi connectivity index (χ0) is 18.1. The molecule has 5 rings (SSSR count). The van der Waals surface area contributed by atoms with E-state index in [0.29, 0.717) is 6.04 Å². The van der Waals surface area contributed by atoms with Crippen LogP contribution in [0.1, 0.15) is 6.42 Å². The maximum absolute atomic E-state index is 5.41. The van der Waals surface area contributed by atoms with Gasteiger partial charge in [0.25, 0.3) is 0 Å². The molecule has 140 valence electrons. The third-order valence-electron chi connectivity index (χ3n) is 5.07. The van der Waals surface area contributed by atoms with Gasteiger partial charge in [0.2, 0.25) is 5.95 Å². The summed E-state index contributed by atoms with van der Waals surface area (Å²) < 4.78 is 7.41. The number of rotatable bonds is 4. The van der Waals surface area contributed by atoms with Crippen molar-refractivity contribution in [2.45, 2.75) is 12.5 Å². The smallest absolute Gasteiger partial charge is 0.227 e. The molecule has 0 spiro atoms. The van der Waals surface area contributed by atoms with Gasteiger partial charge in [-0.2, -0.15) is 4.98 Å². The highest BCUT2D eigenvalue weighted by molar-refractivity contribution is 5.64. The summed E-state index contributed by atoms with van der Waals surface area (Å²) >= 11 is 0. The highest BCUT2D eigenvalue weighted by Crippen LogP contribution is 2.23. The molecule has 2 fully saturated rings. The summed E-state index contributed by atoms with van der Waals surface area (Å²) in [5.41, 5.74) is 0.898. The lowest BCUT2D eigenvalue weighted by atomic mass is 10.2. The first kappa shape index (κ1) is 16.2. The van der Waals surface area contributed by atoms with Crippen LogP contribution < -0.4 is 15.1 Å². The van der Waals surface area contributed by atoms with Crippen molar-refractivity contribution < 1.29 is 4.74 Å². The van der Waals surface area contributed by atoms with E-state index >= 15 is 0 Å². The first-order chi connectivity index (χ1) is 13.4. The number of nitrogens with one attached hydrogen (secondary N) is 1. The molecule has 0 saturated carbocycles. The molecule has 0 bridgehead atoms. The molecule has 0 radical (unpaired) electrons. The molecule has 1 atom stereocenters. The lowest BCUT2D eigenvalue weighted by molar-refractivity contribution is 0.122. The molecule has 5 heterocycles. The van der Waals surface area contributed by atoms with E-state index in [9.17, 15) is 0 Å². The molecule has 3 aromatic rings. The van der Waals surface area contributed by atoms with Crippen molar-refractivity contribution in [3.63, 3.8) is 0 Å². The van der Waals surface area contributed by atoms with Gasteiger partial charge in [-0.25, -0.2) is 15.0 Å². The minimum atomic E-state index is 0.314. The van der Waals surface area contributed by atoms with E-state index in [1.54, 1.807) is 6.20 Å². The van der Waals surface area contributed by atoms with Crippen molar-refractivity contribution in [3.05, 3.63) is 37.1 Å². The van der Waals surface area contributed by atoms with E-state index in [4.69, 9.17) is 9.72 Å². The monoisotopic (exact) mass is 366 g/mol. The predicted octanol–water partition coefficient (Wildman–Crippen LogP) is 1.05. The maximum atomic E-state index is 5.41. The summed E-state index contributed by atoms with van der Waals surface area (Å²) in [4.78, 5) is 22.5. The van der Waals surface area contributed by atoms with E-state index in [0.717, 1.165) is 69.0 Å². The number of ether oxygens (including phenoxy) is 1. The molecule has 0 aromatic carbocycles. The van der Waals surface area contributed by atoms with Gasteiger partial charge in [0, 0.05) is 63.2 Å². The van der Waals surface area contributed by atoms with Gasteiger partial charge < -0.3 is 24.3 Å². The van der Waals surface area contributed by atoms with Crippen LogP contribution in [0.2, 0.25) is 0 Å². The normalized spacial score (nSPS) is 20.4. The Morgan fingerprint density at radius 3 is 2.70 bits per heavy atom. The highest BCUT2D eigenvalue weighted by atomic mass is 16.5. The van der Waals surface area contributed by atoms with Crippen LogP contribution in [-0.2, 0) is 4.74 Å². The number of nitrogens with zero attached hydrogens (tertiary/aromatic N) is 7. The lowest BCUT2D eigenvalue weighted by Gasteiger charge is -2.27. The molecule has 2 saturated heterocycles. The van der Waals surface area contributed by atoms with Crippen molar-refractivity contribution in [1.29, 1.82) is 0 Å². The Morgan fingerprint density at radius 1 is 0.963 bits per heavy atom. The van der Waals surface area contributed by atoms with Gasteiger partial charge in [0.05, 0.1) is 13.2 Å². The van der Waals surface area contributed by atoms with Crippen LogP contribution in [0, 0.1) is 0 Å². The van der Waals surface area contributed by atoms with Gasteiger partial charge in [-0.05, 0) is 12.5 Å². The fourth-order valence-electron chi connectivity index (χ4n) is 3.69. The summed E-state index contributed by atoms with van der Waals surface area (Å²) in [5.74, 6) is 2.57. The van der Waals surface area contributed by atoms with E-state index in [1.165, 1.54) is 0 Å². The van der Waals surface area contributed by atoms with Gasteiger partial charge >= 0.3 is 0 Å². The largest absolute Gasteiger partial charge is 0.378 e. The number of imidazole rings is 1. The van der Waals surface area contributed by atoms with Crippen LogP contribution in [0.3, 0.4) is 0 Å². The van der Waals surface area contributed by atoms with E-state index in [2.05, 4.69) is 30.1 Å². The number of hydrogen-bond donors (Lipinski definition) is 1. The summed E-state index contributed by atoms with van der Waals surface area (Å²) in [6.07, 6.45) is 10.3. The Hall–Kier alpha value is -2.94. The number of anilines is 3. The van der Waals surface area contributed by atoms with Gasteiger partial charge in [0.15, 0.2) is 11.5 Å². The standard InChI is InChI=1S/C18H22N8O/c1-3-21-18(25-9-11-27-12-10-25)23-15(1)22-14-2-6-26(13-14)17-16-19-4-7-24(16)8-5-20-17/h1,3-5,7-8,14H,2,6,9-13H2,(H,21,22,23). The average Bonchev–Trinajstić information content (AvgIpc) is 3.38. The van der Waals surface area contributed by atoms with Crippen molar-refractivity contribution in [2.24, 2.45) is 0 Å². The van der Waals surface area contributed by atoms with E-state index in [1.807, 2.05) is 35.3 Å². The first-order valence-electron chi connectivity index (χ1n) is 9.32. The van der Waals surface area contributed by atoms with Gasteiger partial charge in [-0.15, -0.1) is 0 Å². The summed E-state index contributed by atoms with van der Waals surface area (Å²) in [6.45, 7) is 4.94. The van der Waals surface area contributed by atoms with Crippen molar-refractivity contribution in [3.8, 4) is 0 Å². The van der Waals surface area contributed by atoms with Crippen molar-refractivity contribution in [2.75, 3.05) is 54.5 Å². The Labute approximate surface area is 157 Å². The number of morpholine rings is 1. The molecule has 1 N–H and O–H groups in total. The highest BCUT2D eigenvalue weighted by Gasteiger charge is 2.26. The molecular weight excluding hydrogens is 344 g/mol. The minimum absolute atomic E-state index is 0.314. The Kier molecular flexibility index (Phi) is 4.21. The van der Waals surface area contributed by atoms with E-state index < -0.39 is 0 Å². The second-order valence-corrected chi connectivity index (χ2v) is 6.83. The molecule has 3 aromatic heterocycles. The zero-order valence-electron chi connectivity index (χ0n) is 15.0. The minimum Gasteiger partial charge on any atom is -0.378 e. The third-order valence-corrected chi connectivity index (χ3v) is 5.07. The Bertz CT molecular complexity index is 922. The molecule has 2 aliphatic rings. The van der Waals surface area contributed by atoms with E-state index in [-0.39, 0.29) is 0 Å². The fraction of sp³-hybridized carbons (Fsp3) is 0.444. The zero-order valence-corrected chi connectivity index (χ0v) is 15.0. The van der Waals surface area contributed by atoms with Crippen molar-refractivity contribution in [1.82, 2.24) is 24.3 Å². The van der Waals surface area contributed by atoms with Crippen molar-refractivity contribution >= 4 is 23.2 Å². The fourth-order valence-corrected chi connectivity index (χ4v) is 3.69. The molecule has 0 aliphatic carbocycles. The lowest BCUT2D eigenvalue weighted by Crippen LogP contribution is -2.37.